The first-order valence-corrected chi connectivity index (χ1v) is 6.56. The van der Waals surface area contributed by atoms with E-state index >= 15 is 0 Å². The van der Waals surface area contributed by atoms with Crippen LogP contribution in [0.15, 0.2) is 40.9 Å². The summed E-state index contributed by atoms with van der Waals surface area (Å²) in [7, 11) is 0. The molecule has 2 N–H and O–H groups in total. The lowest BCUT2D eigenvalue weighted by atomic mass is 9.96. The molecule has 94 valence electrons. The highest BCUT2D eigenvalue weighted by atomic mass is 79.9. The SMILES string of the molecule is Cc1cc(C)cc(C(N)c2cccc(F)c2Br)c1. The molecule has 0 heterocycles. The molecule has 2 aromatic rings. The van der Waals surface area contributed by atoms with Gasteiger partial charge in [-0.15, -0.1) is 0 Å². The smallest absolute Gasteiger partial charge is 0.137 e. The first-order valence-electron chi connectivity index (χ1n) is 5.76. The summed E-state index contributed by atoms with van der Waals surface area (Å²) in [4.78, 5) is 0. The number of nitrogens with two attached hydrogens (primary N) is 1. The van der Waals surface area contributed by atoms with Gasteiger partial charge in [0.15, 0.2) is 0 Å². The number of hydrogen-bond acceptors (Lipinski definition) is 1. The lowest BCUT2D eigenvalue weighted by Crippen LogP contribution is -2.13. The van der Waals surface area contributed by atoms with E-state index in [9.17, 15) is 4.39 Å². The molecule has 0 aliphatic carbocycles. The number of rotatable bonds is 2. The van der Waals surface area contributed by atoms with Gasteiger partial charge in [0.2, 0.25) is 0 Å². The van der Waals surface area contributed by atoms with Gasteiger partial charge in [0.25, 0.3) is 0 Å². The molecule has 2 aromatic carbocycles. The van der Waals surface area contributed by atoms with Crippen molar-refractivity contribution in [2.24, 2.45) is 5.73 Å². The summed E-state index contributed by atoms with van der Waals surface area (Å²) in [6.45, 7) is 4.06. The van der Waals surface area contributed by atoms with Crippen molar-refractivity contribution in [3.63, 3.8) is 0 Å². The van der Waals surface area contributed by atoms with Gasteiger partial charge in [0, 0.05) is 0 Å². The van der Waals surface area contributed by atoms with E-state index in [2.05, 4.69) is 22.0 Å². The third kappa shape index (κ3) is 2.62. The molecular formula is C15H15BrFN. The number of halogens is 2. The van der Waals surface area contributed by atoms with Crippen LogP contribution in [-0.2, 0) is 0 Å². The number of hydrogen-bond donors (Lipinski definition) is 1. The molecule has 0 fully saturated rings. The Kier molecular flexibility index (Phi) is 3.83. The predicted molar refractivity (Wildman–Crippen MR) is 76.0 cm³/mol. The van der Waals surface area contributed by atoms with Crippen molar-refractivity contribution < 1.29 is 4.39 Å². The van der Waals surface area contributed by atoms with Gasteiger partial charge in [0.1, 0.15) is 5.82 Å². The highest BCUT2D eigenvalue weighted by Crippen LogP contribution is 2.29. The molecule has 0 bridgehead atoms. The highest BCUT2D eigenvalue weighted by molar-refractivity contribution is 9.10. The Labute approximate surface area is 115 Å². The standard InChI is InChI=1S/C15H15BrFN/c1-9-6-10(2)8-11(7-9)15(18)12-4-3-5-13(17)14(12)16/h3-8,15H,18H2,1-2H3. The van der Waals surface area contributed by atoms with Gasteiger partial charge in [-0.3, -0.25) is 0 Å². The van der Waals surface area contributed by atoms with Gasteiger partial charge in [-0.2, -0.15) is 0 Å². The van der Waals surface area contributed by atoms with Crippen molar-refractivity contribution in [2.45, 2.75) is 19.9 Å². The lowest BCUT2D eigenvalue weighted by molar-refractivity contribution is 0.616. The molecule has 0 aliphatic rings. The third-order valence-electron chi connectivity index (χ3n) is 2.92. The van der Waals surface area contributed by atoms with Crippen LogP contribution in [0.3, 0.4) is 0 Å². The van der Waals surface area contributed by atoms with Gasteiger partial charge in [-0.05, 0) is 47.0 Å². The Bertz CT molecular complexity index is 560. The molecular weight excluding hydrogens is 293 g/mol. The fourth-order valence-corrected chi connectivity index (χ4v) is 2.64. The Morgan fingerprint density at radius 2 is 1.72 bits per heavy atom. The molecule has 0 amide bonds. The Balaban J connectivity index is 2.47. The average molecular weight is 308 g/mol. The molecule has 1 atom stereocenters. The zero-order valence-corrected chi connectivity index (χ0v) is 12.0. The molecule has 18 heavy (non-hydrogen) atoms. The monoisotopic (exact) mass is 307 g/mol. The van der Waals surface area contributed by atoms with Gasteiger partial charge in [-0.1, -0.05) is 41.5 Å². The molecule has 1 unspecified atom stereocenters. The van der Waals surface area contributed by atoms with Crippen LogP contribution in [0.1, 0.15) is 28.3 Å². The molecule has 2 rings (SSSR count). The fourth-order valence-electron chi connectivity index (χ4n) is 2.13. The van der Waals surface area contributed by atoms with Crippen LogP contribution in [0.25, 0.3) is 0 Å². The largest absolute Gasteiger partial charge is 0.320 e. The van der Waals surface area contributed by atoms with Crippen molar-refractivity contribution in [3.05, 3.63) is 68.9 Å². The topological polar surface area (TPSA) is 26.0 Å². The maximum Gasteiger partial charge on any atom is 0.137 e. The van der Waals surface area contributed by atoms with Crippen molar-refractivity contribution >= 4 is 15.9 Å². The second-order valence-electron chi connectivity index (χ2n) is 4.54. The van der Waals surface area contributed by atoms with E-state index in [1.165, 1.54) is 6.07 Å². The quantitative estimate of drug-likeness (QED) is 0.881. The summed E-state index contributed by atoms with van der Waals surface area (Å²) in [6.07, 6.45) is 0. The van der Waals surface area contributed by atoms with E-state index in [1.807, 2.05) is 32.0 Å². The van der Waals surface area contributed by atoms with E-state index < -0.39 is 0 Å². The molecule has 0 radical (unpaired) electrons. The fraction of sp³-hybridized carbons (Fsp3) is 0.200. The van der Waals surface area contributed by atoms with Gasteiger partial charge < -0.3 is 5.73 Å². The summed E-state index contributed by atoms with van der Waals surface area (Å²) in [6, 6.07) is 10.8. The van der Waals surface area contributed by atoms with Crippen LogP contribution in [0.4, 0.5) is 4.39 Å². The van der Waals surface area contributed by atoms with Gasteiger partial charge in [-0.25, -0.2) is 4.39 Å². The highest BCUT2D eigenvalue weighted by Gasteiger charge is 2.15. The number of aryl methyl sites for hydroxylation is 2. The first kappa shape index (κ1) is 13.2. The minimum atomic E-state index is -0.325. The van der Waals surface area contributed by atoms with Crippen LogP contribution in [0, 0.1) is 19.7 Å². The zero-order chi connectivity index (χ0) is 13.3. The van der Waals surface area contributed by atoms with E-state index in [1.54, 1.807) is 6.07 Å². The Hall–Kier alpha value is -1.19. The number of benzene rings is 2. The van der Waals surface area contributed by atoms with Crippen LogP contribution in [0.5, 0.6) is 0 Å². The zero-order valence-electron chi connectivity index (χ0n) is 10.4. The second-order valence-corrected chi connectivity index (χ2v) is 5.33. The van der Waals surface area contributed by atoms with Crippen molar-refractivity contribution in [1.29, 1.82) is 0 Å². The first-order chi connectivity index (χ1) is 8.49. The maximum absolute atomic E-state index is 13.5. The van der Waals surface area contributed by atoms with Crippen molar-refractivity contribution in [2.75, 3.05) is 0 Å². The molecule has 3 heteroatoms. The predicted octanol–water partition coefficient (Wildman–Crippen LogP) is 4.25. The van der Waals surface area contributed by atoms with Crippen molar-refractivity contribution in [3.8, 4) is 0 Å². The average Bonchev–Trinajstić information content (AvgIpc) is 2.30. The van der Waals surface area contributed by atoms with E-state index in [0.717, 1.165) is 22.3 Å². The molecule has 0 spiro atoms. The third-order valence-corrected chi connectivity index (χ3v) is 3.76. The van der Waals surface area contributed by atoms with Crippen molar-refractivity contribution in [1.82, 2.24) is 0 Å². The molecule has 1 nitrogen and oxygen atoms in total. The molecule has 0 saturated carbocycles. The van der Waals surface area contributed by atoms with Gasteiger partial charge >= 0.3 is 0 Å². The summed E-state index contributed by atoms with van der Waals surface area (Å²) < 4.78 is 14.0. The summed E-state index contributed by atoms with van der Waals surface area (Å²) in [5.74, 6) is -0.285. The van der Waals surface area contributed by atoms with Crippen LogP contribution in [-0.4, -0.2) is 0 Å². The normalized spacial score (nSPS) is 12.5. The van der Waals surface area contributed by atoms with Crippen LogP contribution >= 0.6 is 15.9 Å². The second kappa shape index (κ2) is 5.21. The van der Waals surface area contributed by atoms with E-state index in [0.29, 0.717) is 4.47 Å². The lowest BCUT2D eigenvalue weighted by Gasteiger charge is -2.16. The van der Waals surface area contributed by atoms with Crippen LogP contribution in [0.2, 0.25) is 0 Å². The Morgan fingerprint density at radius 1 is 1.11 bits per heavy atom. The molecule has 0 saturated heterocycles. The summed E-state index contributed by atoms with van der Waals surface area (Å²) >= 11 is 3.26. The molecule has 0 aromatic heterocycles. The minimum absolute atomic E-state index is 0.285. The van der Waals surface area contributed by atoms with Crippen LogP contribution < -0.4 is 5.73 Å². The summed E-state index contributed by atoms with van der Waals surface area (Å²) in [5.41, 5.74) is 10.3. The van der Waals surface area contributed by atoms with E-state index in [4.69, 9.17) is 5.73 Å². The minimum Gasteiger partial charge on any atom is -0.320 e. The Morgan fingerprint density at radius 3 is 2.33 bits per heavy atom. The van der Waals surface area contributed by atoms with E-state index in [-0.39, 0.29) is 11.9 Å². The maximum atomic E-state index is 13.5. The molecule has 0 aliphatic heterocycles. The van der Waals surface area contributed by atoms with Gasteiger partial charge in [0.05, 0.1) is 10.5 Å². The summed E-state index contributed by atoms with van der Waals surface area (Å²) in [5, 5.41) is 0.